The predicted molar refractivity (Wildman–Crippen MR) is 109 cm³/mol. The molecule has 2 aromatic carbocycles. The molecule has 2 aromatic rings. The second-order valence-electron chi connectivity index (χ2n) is 7.33. The zero-order chi connectivity index (χ0) is 19.9. The van der Waals surface area contributed by atoms with Gasteiger partial charge in [-0.3, -0.25) is 9.59 Å². The number of carbonyl (C=O) groups is 2. The molecule has 0 saturated carbocycles. The molecule has 1 N–H and O–H groups in total. The average molecular weight is 380 g/mol. The number of rotatable bonds is 7. The van der Waals surface area contributed by atoms with Gasteiger partial charge in [0.05, 0.1) is 7.11 Å². The maximum absolute atomic E-state index is 12.9. The van der Waals surface area contributed by atoms with Crippen LogP contribution in [0.3, 0.4) is 0 Å². The standard InChI is InChI=1S/C23H28N2O3/c1-17(19-10-12-20(28-2)13-11-19)15-22(26)25-14-6-9-21(25)23(27)24-16-18-7-4-3-5-8-18/h3-5,7-8,10-13,17,21H,6,9,14-16H2,1-2H3,(H,24,27)/t17?,21-/m1/s1. The van der Waals surface area contributed by atoms with Crippen molar-refractivity contribution in [2.45, 2.75) is 44.7 Å². The summed E-state index contributed by atoms with van der Waals surface area (Å²) in [5, 5.41) is 2.98. The van der Waals surface area contributed by atoms with Crippen LogP contribution < -0.4 is 10.1 Å². The van der Waals surface area contributed by atoms with E-state index in [0.717, 1.165) is 29.7 Å². The molecule has 1 fully saturated rings. The lowest BCUT2D eigenvalue weighted by Gasteiger charge is -2.25. The number of methoxy groups -OCH3 is 1. The number of nitrogens with one attached hydrogen (secondary N) is 1. The SMILES string of the molecule is COc1ccc(C(C)CC(=O)N2CCC[C@@H]2C(=O)NCc2ccccc2)cc1. The average Bonchev–Trinajstić information content (AvgIpc) is 3.23. The molecule has 5 heteroatoms. The summed E-state index contributed by atoms with van der Waals surface area (Å²) in [4.78, 5) is 27.3. The van der Waals surface area contributed by atoms with Crippen LogP contribution in [0.5, 0.6) is 5.75 Å². The third-order valence-electron chi connectivity index (χ3n) is 5.35. The molecular formula is C23H28N2O3. The summed E-state index contributed by atoms with van der Waals surface area (Å²) < 4.78 is 5.19. The second kappa shape index (κ2) is 9.40. The van der Waals surface area contributed by atoms with Gasteiger partial charge in [-0.15, -0.1) is 0 Å². The predicted octanol–water partition coefficient (Wildman–Crippen LogP) is 3.50. The number of hydrogen-bond donors (Lipinski definition) is 1. The molecule has 1 heterocycles. The molecule has 28 heavy (non-hydrogen) atoms. The minimum absolute atomic E-state index is 0.0423. The van der Waals surface area contributed by atoms with E-state index in [1.165, 1.54) is 0 Å². The minimum Gasteiger partial charge on any atom is -0.497 e. The van der Waals surface area contributed by atoms with Crippen LogP contribution in [0.25, 0.3) is 0 Å². The number of benzene rings is 2. The van der Waals surface area contributed by atoms with Crippen molar-refractivity contribution >= 4 is 11.8 Å². The van der Waals surface area contributed by atoms with Crippen LogP contribution in [0.15, 0.2) is 54.6 Å². The van der Waals surface area contributed by atoms with Crippen LogP contribution in [0.2, 0.25) is 0 Å². The summed E-state index contributed by atoms with van der Waals surface area (Å²) in [5.41, 5.74) is 2.15. The molecule has 0 aliphatic carbocycles. The van der Waals surface area contributed by atoms with Gasteiger partial charge in [-0.2, -0.15) is 0 Å². The van der Waals surface area contributed by atoms with E-state index in [2.05, 4.69) is 5.32 Å². The molecule has 0 bridgehead atoms. The van der Waals surface area contributed by atoms with Gasteiger partial charge in [0.15, 0.2) is 0 Å². The number of amides is 2. The van der Waals surface area contributed by atoms with E-state index >= 15 is 0 Å². The molecule has 0 aromatic heterocycles. The lowest BCUT2D eigenvalue weighted by Crippen LogP contribution is -2.46. The van der Waals surface area contributed by atoms with Crippen LogP contribution in [-0.4, -0.2) is 36.4 Å². The first kappa shape index (κ1) is 19.9. The van der Waals surface area contributed by atoms with Crippen molar-refractivity contribution in [1.82, 2.24) is 10.2 Å². The van der Waals surface area contributed by atoms with Crippen LogP contribution in [0, 0.1) is 0 Å². The number of nitrogens with zero attached hydrogens (tertiary/aromatic N) is 1. The van der Waals surface area contributed by atoms with Crippen molar-refractivity contribution in [2.24, 2.45) is 0 Å². The molecule has 5 nitrogen and oxygen atoms in total. The fourth-order valence-electron chi connectivity index (χ4n) is 3.67. The summed E-state index contributed by atoms with van der Waals surface area (Å²) in [7, 11) is 1.64. The highest BCUT2D eigenvalue weighted by Crippen LogP contribution is 2.25. The van der Waals surface area contributed by atoms with Gasteiger partial charge >= 0.3 is 0 Å². The number of likely N-dealkylation sites (tertiary alicyclic amines) is 1. The van der Waals surface area contributed by atoms with Gasteiger partial charge in [-0.05, 0) is 42.0 Å². The Kier molecular flexibility index (Phi) is 6.69. The van der Waals surface area contributed by atoms with E-state index in [1.807, 2.05) is 61.5 Å². The maximum Gasteiger partial charge on any atom is 0.243 e. The van der Waals surface area contributed by atoms with E-state index in [4.69, 9.17) is 4.74 Å². The smallest absolute Gasteiger partial charge is 0.243 e. The highest BCUT2D eigenvalue weighted by atomic mass is 16.5. The summed E-state index contributed by atoms with van der Waals surface area (Å²) in [6.45, 7) is 3.18. The van der Waals surface area contributed by atoms with Crippen LogP contribution in [-0.2, 0) is 16.1 Å². The topological polar surface area (TPSA) is 58.6 Å². The lowest BCUT2D eigenvalue weighted by molar-refractivity contribution is -0.138. The molecule has 2 atom stereocenters. The zero-order valence-corrected chi connectivity index (χ0v) is 16.6. The summed E-state index contributed by atoms with van der Waals surface area (Å²) in [6, 6.07) is 17.3. The third kappa shape index (κ3) is 4.91. The van der Waals surface area contributed by atoms with Gasteiger partial charge in [0.1, 0.15) is 11.8 Å². The Hall–Kier alpha value is -2.82. The normalized spacial score (nSPS) is 17.2. The Morgan fingerprint density at radius 1 is 1.14 bits per heavy atom. The van der Waals surface area contributed by atoms with Gasteiger partial charge in [0.25, 0.3) is 0 Å². The van der Waals surface area contributed by atoms with E-state index in [-0.39, 0.29) is 23.8 Å². The number of ether oxygens (including phenoxy) is 1. The van der Waals surface area contributed by atoms with Gasteiger partial charge in [-0.1, -0.05) is 49.4 Å². The monoisotopic (exact) mass is 380 g/mol. The Bertz CT molecular complexity index is 789. The quantitative estimate of drug-likeness (QED) is 0.800. The number of hydrogen-bond acceptors (Lipinski definition) is 3. The van der Waals surface area contributed by atoms with Gasteiger partial charge in [0, 0.05) is 19.5 Å². The molecule has 3 rings (SSSR count). The Morgan fingerprint density at radius 2 is 1.86 bits per heavy atom. The van der Waals surface area contributed by atoms with Gasteiger partial charge in [-0.25, -0.2) is 0 Å². The molecule has 1 unspecified atom stereocenters. The Balaban J connectivity index is 1.56. The van der Waals surface area contributed by atoms with Gasteiger partial charge < -0.3 is 15.0 Å². The third-order valence-corrected chi connectivity index (χ3v) is 5.35. The number of carbonyl (C=O) groups excluding carboxylic acids is 2. The van der Waals surface area contributed by atoms with Crippen molar-refractivity contribution < 1.29 is 14.3 Å². The van der Waals surface area contributed by atoms with E-state index in [9.17, 15) is 9.59 Å². The maximum atomic E-state index is 12.9. The Morgan fingerprint density at radius 3 is 2.54 bits per heavy atom. The minimum atomic E-state index is -0.362. The van der Waals surface area contributed by atoms with Crippen molar-refractivity contribution in [3.05, 3.63) is 65.7 Å². The van der Waals surface area contributed by atoms with Gasteiger partial charge in [0.2, 0.25) is 11.8 Å². The summed E-state index contributed by atoms with van der Waals surface area (Å²) in [6.07, 6.45) is 1.99. The summed E-state index contributed by atoms with van der Waals surface area (Å²) >= 11 is 0. The molecule has 2 amide bonds. The van der Waals surface area contributed by atoms with E-state index < -0.39 is 0 Å². The van der Waals surface area contributed by atoms with Crippen molar-refractivity contribution in [3.63, 3.8) is 0 Å². The zero-order valence-electron chi connectivity index (χ0n) is 16.6. The second-order valence-corrected chi connectivity index (χ2v) is 7.33. The fourth-order valence-corrected chi connectivity index (χ4v) is 3.67. The molecule has 148 valence electrons. The highest BCUT2D eigenvalue weighted by molar-refractivity contribution is 5.88. The molecule has 1 saturated heterocycles. The lowest BCUT2D eigenvalue weighted by atomic mass is 9.97. The highest BCUT2D eigenvalue weighted by Gasteiger charge is 2.34. The van der Waals surface area contributed by atoms with Crippen molar-refractivity contribution in [1.29, 1.82) is 0 Å². The molecule has 0 spiro atoms. The molecule has 1 aliphatic heterocycles. The van der Waals surface area contributed by atoms with E-state index in [1.54, 1.807) is 12.0 Å². The molecule has 1 aliphatic rings. The molecule has 0 radical (unpaired) electrons. The summed E-state index contributed by atoms with van der Waals surface area (Å²) in [5.74, 6) is 0.872. The first-order chi connectivity index (χ1) is 13.6. The molecular weight excluding hydrogens is 352 g/mol. The largest absolute Gasteiger partial charge is 0.497 e. The Labute approximate surface area is 166 Å². The van der Waals surface area contributed by atoms with Crippen LogP contribution in [0.4, 0.5) is 0 Å². The van der Waals surface area contributed by atoms with Crippen molar-refractivity contribution in [2.75, 3.05) is 13.7 Å². The van der Waals surface area contributed by atoms with Crippen LogP contribution in [0.1, 0.15) is 43.2 Å². The van der Waals surface area contributed by atoms with Crippen molar-refractivity contribution in [3.8, 4) is 5.75 Å². The first-order valence-electron chi connectivity index (χ1n) is 9.83. The first-order valence-corrected chi connectivity index (χ1v) is 9.83. The van der Waals surface area contributed by atoms with E-state index in [0.29, 0.717) is 19.5 Å². The fraction of sp³-hybridized carbons (Fsp3) is 0.391. The van der Waals surface area contributed by atoms with Crippen LogP contribution >= 0.6 is 0 Å².